The number of hydrogen-bond acceptors (Lipinski definition) is 2. The molecule has 0 heterocycles. The van der Waals surface area contributed by atoms with E-state index in [0.717, 1.165) is 19.5 Å². The van der Waals surface area contributed by atoms with Crippen molar-refractivity contribution in [3.05, 3.63) is 29.3 Å². The van der Waals surface area contributed by atoms with Crippen molar-refractivity contribution in [3.63, 3.8) is 0 Å². The Morgan fingerprint density at radius 2 is 1.94 bits per heavy atom. The fourth-order valence-corrected chi connectivity index (χ4v) is 1.95. The van der Waals surface area contributed by atoms with Crippen LogP contribution in [0.5, 0.6) is 0 Å². The van der Waals surface area contributed by atoms with Gasteiger partial charge in [-0.1, -0.05) is 39.8 Å². The summed E-state index contributed by atoms with van der Waals surface area (Å²) in [6.45, 7) is 12.9. The molecule has 18 heavy (non-hydrogen) atoms. The SMILES string of the molecule is Cc1ccc(C(C)(C)C)cc1NCC(C)CCN. The molecule has 2 heteroatoms. The molecule has 1 unspecified atom stereocenters. The van der Waals surface area contributed by atoms with Crippen LogP contribution in [-0.2, 0) is 5.41 Å². The van der Waals surface area contributed by atoms with Crippen LogP contribution in [0.2, 0.25) is 0 Å². The van der Waals surface area contributed by atoms with Crippen molar-refractivity contribution in [1.82, 2.24) is 0 Å². The lowest BCUT2D eigenvalue weighted by molar-refractivity contribution is 0.567. The number of rotatable bonds is 5. The van der Waals surface area contributed by atoms with Crippen molar-refractivity contribution in [2.75, 3.05) is 18.4 Å². The lowest BCUT2D eigenvalue weighted by atomic mass is 9.86. The fourth-order valence-electron chi connectivity index (χ4n) is 1.95. The van der Waals surface area contributed by atoms with E-state index in [9.17, 15) is 0 Å². The van der Waals surface area contributed by atoms with Gasteiger partial charge in [0.25, 0.3) is 0 Å². The Bertz CT molecular complexity index is 377. The number of nitrogens with two attached hydrogens (primary N) is 1. The van der Waals surface area contributed by atoms with Gasteiger partial charge in [0.2, 0.25) is 0 Å². The zero-order valence-corrected chi connectivity index (χ0v) is 12.5. The van der Waals surface area contributed by atoms with Crippen LogP contribution in [0, 0.1) is 12.8 Å². The predicted molar refractivity (Wildman–Crippen MR) is 81.2 cm³/mol. The van der Waals surface area contributed by atoms with Gasteiger partial charge in [-0.25, -0.2) is 0 Å². The van der Waals surface area contributed by atoms with Gasteiger partial charge in [0.1, 0.15) is 0 Å². The topological polar surface area (TPSA) is 38.0 Å². The molecule has 102 valence electrons. The summed E-state index contributed by atoms with van der Waals surface area (Å²) in [4.78, 5) is 0. The summed E-state index contributed by atoms with van der Waals surface area (Å²) >= 11 is 0. The number of hydrogen-bond donors (Lipinski definition) is 2. The molecule has 3 N–H and O–H groups in total. The summed E-state index contributed by atoms with van der Waals surface area (Å²) in [5, 5.41) is 3.55. The Morgan fingerprint density at radius 1 is 1.28 bits per heavy atom. The Labute approximate surface area is 112 Å². The summed E-state index contributed by atoms with van der Waals surface area (Å²) in [7, 11) is 0. The maximum absolute atomic E-state index is 5.58. The standard InChI is InChI=1S/C16H28N2/c1-12(8-9-17)11-18-15-10-14(16(3,4)5)7-6-13(15)2/h6-7,10,12,18H,8-9,11,17H2,1-5H3. The molecule has 0 aliphatic carbocycles. The molecule has 0 spiro atoms. The molecule has 2 nitrogen and oxygen atoms in total. The highest BCUT2D eigenvalue weighted by Crippen LogP contribution is 2.27. The molecule has 0 saturated carbocycles. The largest absolute Gasteiger partial charge is 0.385 e. The second-order valence-corrected chi connectivity index (χ2v) is 6.34. The molecule has 1 atom stereocenters. The predicted octanol–water partition coefficient (Wildman–Crippen LogP) is 3.69. The van der Waals surface area contributed by atoms with Gasteiger partial charge >= 0.3 is 0 Å². The first kappa shape index (κ1) is 15.0. The second-order valence-electron chi connectivity index (χ2n) is 6.34. The average molecular weight is 248 g/mol. The summed E-state index contributed by atoms with van der Waals surface area (Å²) < 4.78 is 0. The highest BCUT2D eigenvalue weighted by Gasteiger charge is 2.14. The minimum Gasteiger partial charge on any atom is -0.385 e. The molecule has 0 aliphatic heterocycles. The molecular formula is C16H28N2. The monoisotopic (exact) mass is 248 g/mol. The summed E-state index contributed by atoms with van der Waals surface area (Å²) in [6, 6.07) is 6.71. The number of aryl methyl sites for hydroxylation is 1. The van der Waals surface area contributed by atoms with Crippen molar-refractivity contribution in [3.8, 4) is 0 Å². The Kier molecular flexibility index (Phi) is 5.21. The van der Waals surface area contributed by atoms with E-state index >= 15 is 0 Å². The van der Waals surface area contributed by atoms with Crippen LogP contribution in [0.3, 0.4) is 0 Å². The second kappa shape index (κ2) is 6.24. The third kappa shape index (κ3) is 4.34. The molecular weight excluding hydrogens is 220 g/mol. The molecule has 1 aromatic rings. The minimum absolute atomic E-state index is 0.201. The molecule has 0 aromatic heterocycles. The van der Waals surface area contributed by atoms with Gasteiger partial charge in [-0.05, 0) is 48.4 Å². The van der Waals surface area contributed by atoms with Crippen molar-refractivity contribution in [2.45, 2.75) is 46.5 Å². The summed E-state index contributed by atoms with van der Waals surface area (Å²) in [5.74, 6) is 0.618. The molecule has 0 bridgehead atoms. The van der Waals surface area contributed by atoms with E-state index in [4.69, 9.17) is 5.73 Å². The normalized spacial score (nSPS) is 13.4. The smallest absolute Gasteiger partial charge is 0.0372 e. The minimum atomic E-state index is 0.201. The van der Waals surface area contributed by atoms with Gasteiger partial charge in [-0.15, -0.1) is 0 Å². The first-order chi connectivity index (χ1) is 8.34. The molecule has 0 fully saturated rings. The molecule has 0 amide bonds. The van der Waals surface area contributed by atoms with Crippen LogP contribution in [-0.4, -0.2) is 13.1 Å². The van der Waals surface area contributed by atoms with Crippen LogP contribution in [0.15, 0.2) is 18.2 Å². The molecule has 0 radical (unpaired) electrons. The zero-order chi connectivity index (χ0) is 13.8. The van der Waals surface area contributed by atoms with Crippen LogP contribution >= 0.6 is 0 Å². The van der Waals surface area contributed by atoms with E-state index in [0.29, 0.717) is 5.92 Å². The molecule has 0 saturated heterocycles. The quantitative estimate of drug-likeness (QED) is 0.834. The lowest BCUT2D eigenvalue weighted by Gasteiger charge is -2.22. The Morgan fingerprint density at radius 3 is 2.50 bits per heavy atom. The Balaban J connectivity index is 2.76. The van der Waals surface area contributed by atoms with Gasteiger partial charge in [0.15, 0.2) is 0 Å². The van der Waals surface area contributed by atoms with E-state index in [1.54, 1.807) is 0 Å². The van der Waals surface area contributed by atoms with Crippen molar-refractivity contribution in [1.29, 1.82) is 0 Å². The van der Waals surface area contributed by atoms with Gasteiger partial charge in [-0.3, -0.25) is 0 Å². The van der Waals surface area contributed by atoms with Crippen LogP contribution in [0.1, 0.15) is 45.2 Å². The third-order valence-electron chi connectivity index (χ3n) is 3.40. The third-order valence-corrected chi connectivity index (χ3v) is 3.40. The number of nitrogens with one attached hydrogen (secondary N) is 1. The maximum Gasteiger partial charge on any atom is 0.0372 e. The van der Waals surface area contributed by atoms with Crippen molar-refractivity contribution >= 4 is 5.69 Å². The number of benzene rings is 1. The van der Waals surface area contributed by atoms with E-state index in [2.05, 4.69) is 58.1 Å². The highest BCUT2D eigenvalue weighted by molar-refractivity contribution is 5.53. The van der Waals surface area contributed by atoms with Crippen LogP contribution in [0.4, 0.5) is 5.69 Å². The first-order valence-corrected chi connectivity index (χ1v) is 6.89. The summed E-state index contributed by atoms with van der Waals surface area (Å²) in [6.07, 6.45) is 1.07. The van der Waals surface area contributed by atoms with E-state index in [1.165, 1.54) is 16.8 Å². The van der Waals surface area contributed by atoms with E-state index in [1.807, 2.05) is 0 Å². The summed E-state index contributed by atoms with van der Waals surface area (Å²) in [5.41, 5.74) is 9.72. The van der Waals surface area contributed by atoms with E-state index < -0.39 is 0 Å². The molecule has 1 rings (SSSR count). The van der Waals surface area contributed by atoms with Crippen molar-refractivity contribution in [2.24, 2.45) is 11.7 Å². The lowest BCUT2D eigenvalue weighted by Crippen LogP contribution is -2.17. The van der Waals surface area contributed by atoms with Gasteiger partial charge in [0.05, 0.1) is 0 Å². The fraction of sp³-hybridized carbons (Fsp3) is 0.625. The van der Waals surface area contributed by atoms with Gasteiger partial charge in [0, 0.05) is 12.2 Å². The first-order valence-electron chi connectivity index (χ1n) is 6.89. The highest BCUT2D eigenvalue weighted by atomic mass is 14.9. The van der Waals surface area contributed by atoms with Crippen molar-refractivity contribution < 1.29 is 0 Å². The van der Waals surface area contributed by atoms with Crippen LogP contribution in [0.25, 0.3) is 0 Å². The van der Waals surface area contributed by atoms with Gasteiger partial charge < -0.3 is 11.1 Å². The maximum atomic E-state index is 5.58. The van der Waals surface area contributed by atoms with Crippen LogP contribution < -0.4 is 11.1 Å². The Hall–Kier alpha value is -1.02. The molecule has 1 aromatic carbocycles. The zero-order valence-electron chi connectivity index (χ0n) is 12.5. The number of anilines is 1. The average Bonchev–Trinajstić information content (AvgIpc) is 2.26. The molecule has 0 aliphatic rings. The van der Waals surface area contributed by atoms with E-state index in [-0.39, 0.29) is 5.41 Å². The van der Waals surface area contributed by atoms with Gasteiger partial charge in [-0.2, -0.15) is 0 Å².